The minimum absolute atomic E-state index is 0.0294. The molecule has 0 aliphatic rings. The summed E-state index contributed by atoms with van der Waals surface area (Å²) < 4.78 is 10.7. The number of carbonyl (C=O) groups is 2. The molecule has 0 aliphatic carbocycles. The molecular formula is C19H38N2O4. The SMILES string of the molecule is CCCCCCNC(=O)C(C)(C)C(C)(C)OCCN(C)CCOC=O. The van der Waals surface area contributed by atoms with Crippen molar-refractivity contribution in [1.29, 1.82) is 0 Å². The molecule has 0 saturated heterocycles. The number of rotatable bonds is 15. The second-order valence-electron chi connectivity index (χ2n) is 7.57. The third-order valence-corrected chi connectivity index (χ3v) is 4.98. The average molecular weight is 359 g/mol. The molecule has 0 rings (SSSR count). The van der Waals surface area contributed by atoms with E-state index in [9.17, 15) is 9.59 Å². The number of hydrogen-bond donors (Lipinski definition) is 1. The van der Waals surface area contributed by atoms with Gasteiger partial charge in [0.25, 0.3) is 6.47 Å². The van der Waals surface area contributed by atoms with Crippen LogP contribution >= 0.6 is 0 Å². The fraction of sp³-hybridized carbons (Fsp3) is 0.895. The highest BCUT2D eigenvalue weighted by molar-refractivity contribution is 5.83. The molecule has 0 aromatic carbocycles. The Balaban J connectivity index is 4.27. The van der Waals surface area contributed by atoms with Crippen molar-refractivity contribution in [3.63, 3.8) is 0 Å². The monoisotopic (exact) mass is 358 g/mol. The van der Waals surface area contributed by atoms with Crippen LogP contribution in [0.2, 0.25) is 0 Å². The average Bonchev–Trinajstić information content (AvgIpc) is 2.54. The lowest BCUT2D eigenvalue weighted by Crippen LogP contribution is -2.52. The summed E-state index contributed by atoms with van der Waals surface area (Å²) in [5.74, 6) is 0.0294. The summed E-state index contributed by atoms with van der Waals surface area (Å²) in [4.78, 5) is 24.7. The number of hydrogen-bond acceptors (Lipinski definition) is 5. The summed E-state index contributed by atoms with van der Waals surface area (Å²) in [5, 5.41) is 3.04. The van der Waals surface area contributed by atoms with Gasteiger partial charge in [-0.15, -0.1) is 0 Å². The van der Waals surface area contributed by atoms with Gasteiger partial charge in [0.2, 0.25) is 5.91 Å². The first-order valence-corrected chi connectivity index (χ1v) is 9.35. The van der Waals surface area contributed by atoms with E-state index in [1.54, 1.807) is 0 Å². The maximum Gasteiger partial charge on any atom is 0.293 e. The molecule has 0 radical (unpaired) electrons. The minimum atomic E-state index is -0.628. The van der Waals surface area contributed by atoms with E-state index in [1.165, 1.54) is 12.8 Å². The maximum atomic E-state index is 12.6. The van der Waals surface area contributed by atoms with Crippen molar-refractivity contribution < 1.29 is 19.1 Å². The van der Waals surface area contributed by atoms with Crippen LogP contribution in [0.3, 0.4) is 0 Å². The molecule has 148 valence electrons. The molecule has 1 amide bonds. The van der Waals surface area contributed by atoms with Crippen molar-refractivity contribution in [3.05, 3.63) is 0 Å². The molecule has 0 atom stereocenters. The van der Waals surface area contributed by atoms with Crippen LogP contribution in [0, 0.1) is 5.41 Å². The molecule has 0 heterocycles. The number of nitrogens with one attached hydrogen (secondary N) is 1. The lowest BCUT2D eigenvalue weighted by Gasteiger charge is -2.40. The predicted octanol–water partition coefficient (Wildman–Crippen LogP) is 2.61. The van der Waals surface area contributed by atoms with Crippen LogP contribution in [-0.2, 0) is 19.1 Å². The fourth-order valence-corrected chi connectivity index (χ4v) is 2.25. The summed E-state index contributed by atoms with van der Waals surface area (Å²) in [7, 11) is 1.94. The molecule has 0 fully saturated rings. The Morgan fingerprint density at radius 2 is 1.72 bits per heavy atom. The molecule has 0 aromatic rings. The molecule has 0 spiro atoms. The molecule has 6 heteroatoms. The van der Waals surface area contributed by atoms with E-state index < -0.39 is 11.0 Å². The number of unbranched alkanes of at least 4 members (excludes halogenated alkanes) is 3. The molecule has 6 nitrogen and oxygen atoms in total. The number of ether oxygens (including phenoxy) is 2. The minimum Gasteiger partial charge on any atom is -0.467 e. The highest BCUT2D eigenvalue weighted by atomic mass is 16.5. The number of amides is 1. The smallest absolute Gasteiger partial charge is 0.293 e. The van der Waals surface area contributed by atoms with Crippen molar-refractivity contribution in [2.24, 2.45) is 5.41 Å². The maximum absolute atomic E-state index is 12.6. The van der Waals surface area contributed by atoms with E-state index in [0.717, 1.165) is 19.4 Å². The first kappa shape index (κ1) is 23.9. The molecule has 0 unspecified atom stereocenters. The van der Waals surface area contributed by atoms with E-state index >= 15 is 0 Å². The fourth-order valence-electron chi connectivity index (χ4n) is 2.25. The van der Waals surface area contributed by atoms with Gasteiger partial charge in [0, 0.05) is 19.6 Å². The van der Waals surface area contributed by atoms with Gasteiger partial charge in [0.05, 0.1) is 17.6 Å². The van der Waals surface area contributed by atoms with Gasteiger partial charge in [0.1, 0.15) is 6.61 Å². The molecule has 0 aliphatic heterocycles. The van der Waals surface area contributed by atoms with E-state index in [-0.39, 0.29) is 5.91 Å². The first-order valence-electron chi connectivity index (χ1n) is 9.35. The summed E-state index contributed by atoms with van der Waals surface area (Å²) in [6, 6.07) is 0. The second-order valence-corrected chi connectivity index (χ2v) is 7.57. The molecule has 0 aromatic heterocycles. The second kappa shape index (κ2) is 12.3. The lowest BCUT2D eigenvalue weighted by molar-refractivity contribution is -0.151. The number of nitrogens with zero attached hydrogens (tertiary/aromatic N) is 1. The topological polar surface area (TPSA) is 67.9 Å². The predicted molar refractivity (Wildman–Crippen MR) is 100 cm³/mol. The summed E-state index contributed by atoms with van der Waals surface area (Å²) in [5.41, 5.74) is -1.21. The molecule has 0 saturated carbocycles. The van der Waals surface area contributed by atoms with Gasteiger partial charge in [-0.05, 0) is 41.2 Å². The van der Waals surface area contributed by atoms with Gasteiger partial charge in [0.15, 0.2) is 0 Å². The standard InChI is InChI=1S/C19H38N2O4/c1-7-8-9-10-11-20-17(23)18(2,3)19(4,5)25-15-13-21(6)12-14-24-16-22/h16H,7-15H2,1-6H3,(H,20,23). The Hall–Kier alpha value is -1.14. The summed E-state index contributed by atoms with van der Waals surface area (Å²) >= 11 is 0. The third-order valence-electron chi connectivity index (χ3n) is 4.98. The lowest BCUT2D eigenvalue weighted by atomic mass is 9.76. The Bertz CT molecular complexity index is 384. The van der Waals surface area contributed by atoms with Crippen LogP contribution in [0.5, 0.6) is 0 Å². The van der Waals surface area contributed by atoms with Crippen LogP contribution in [-0.4, -0.2) is 62.8 Å². The van der Waals surface area contributed by atoms with Crippen LogP contribution in [0.4, 0.5) is 0 Å². The zero-order chi connectivity index (χ0) is 19.3. The third kappa shape index (κ3) is 9.21. The van der Waals surface area contributed by atoms with Gasteiger partial charge in [-0.3, -0.25) is 9.59 Å². The van der Waals surface area contributed by atoms with Gasteiger partial charge < -0.3 is 19.7 Å². The van der Waals surface area contributed by atoms with Gasteiger partial charge >= 0.3 is 0 Å². The summed E-state index contributed by atoms with van der Waals surface area (Å²) in [6.45, 7) is 13.4. The number of likely N-dealkylation sites (N-methyl/N-ethyl adjacent to an activating group) is 1. The van der Waals surface area contributed by atoms with Crippen LogP contribution in [0.25, 0.3) is 0 Å². The Morgan fingerprint density at radius 1 is 1.08 bits per heavy atom. The molecule has 25 heavy (non-hydrogen) atoms. The molecule has 1 N–H and O–H groups in total. The van der Waals surface area contributed by atoms with Crippen LogP contribution in [0.15, 0.2) is 0 Å². The quantitative estimate of drug-likeness (QED) is 0.360. The normalized spacial score (nSPS) is 12.3. The van der Waals surface area contributed by atoms with Gasteiger partial charge in [-0.25, -0.2) is 0 Å². The zero-order valence-electron chi connectivity index (χ0n) is 17.0. The van der Waals surface area contributed by atoms with Crippen molar-refractivity contribution in [2.45, 2.75) is 65.9 Å². The van der Waals surface area contributed by atoms with Crippen molar-refractivity contribution in [1.82, 2.24) is 10.2 Å². The Labute approximate surface area is 153 Å². The van der Waals surface area contributed by atoms with Crippen molar-refractivity contribution in [2.75, 3.05) is 39.9 Å². The highest BCUT2D eigenvalue weighted by Crippen LogP contribution is 2.34. The largest absolute Gasteiger partial charge is 0.467 e. The van der Waals surface area contributed by atoms with Crippen LogP contribution < -0.4 is 5.32 Å². The van der Waals surface area contributed by atoms with Crippen LogP contribution in [0.1, 0.15) is 60.3 Å². The summed E-state index contributed by atoms with van der Waals surface area (Å²) in [6.07, 6.45) is 4.57. The van der Waals surface area contributed by atoms with E-state index in [2.05, 4.69) is 17.0 Å². The van der Waals surface area contributed by atoms with E-state index in [0.29, 0.717) is 32.8 Å². The van der Waals surface area contributed by atoms with Crippen molar-refractivity contribution >= 4 is 12.4 Å². The van der Waals surface area contributed by atoms with E-state index in [4.69, 9.17) is 4.74 Å². The molecular weight excluding hydrogens is 320 g/mol. The molecule has 0 bridgehead atoms. The van der Waals surface area contributed by atoms with Gasteiger partial charge in [-0.2, -0.15) is 0 Å². The zero-order valence-corrected chi connectivity index (χ0v) is 17.0. The first-order chi connectivity index (χ1) is 11.7. The number of carbonyl (C=O) groups excluding carboxylic acids is 2. The van der Waals surface area contributed by atoms with Gasteiger partial charge in [-0.1, -0.05) is 26.2 Å². The van der Waals surface area contributed by atoms with Crippen molar-refractivity contribution in [3.8, 4) is 0 Å². The Morgan fingerprint density at radius 3 is 2.32 bits per heavy atom. The van der Waals surface area contributed by atoms with E-state index in [1.807, 2.05) is 39.6 Å². The Kier molecular flexibility index (Phi) is 11.7. The highest BCUT2D eigenvalue weighted by Gasteiger charge is 2.44.